The first-order chi connectivity index (χ1) is 11.6. The molecule has 0 spiro atoms. The molecule has 3 aromatic rings. The maximum absolute atomic E-state index is 11.8. The molecule has 0 unspecified atom stereocenters. The van der Waals surface area contributed by atoms with E-state index in [2.05, 4.69) is 15.2 Å². The van der Waals surface area contributed by atoms with E-state index in [0.29, 0.717) is 29.1 Å². The minimum Gasteiger partial charge on any atom is -0.385 e. The quantitative estimate of drug-likeness (QED) is 0.512. The maximum Gasteiger partial charge on any atom is 0.343 e. The number of halogens is 1. The molecule has 0 radical (unpaired) electrons. The summed E-state index contributed by atoms with van der Waals surface area (Å²) in [6, 6.07) is 5.65. The molecule has 0 fully saturated rings. The number of hydrogen-bond acceptors (Lipinski definition) is 5. The summed E-state index contributed by atoms with van der Waals surface area (Å²) in [6.45, 7) is 1.18. The smallest absolute Gasteiger partial charge is 0.343 e. The molecule has 1 aromatic carbocycles. The highest BCUT2D eigenvalue weighted by molar-refractivity contribution is 7.98. The van der Waals surface area contributed by atoms with Gasteiger partial charge in [-0.3, -0.25) is 4.57 Å². The molecule has 0 aliphatic heterocycles. The van der Waals surface area contributed by atoms with Crippen molar-refractivity contribution < 1.29 is 4.74 Å². The van der Waals surface area contributed by atoms with Crippen LogP contribution in [0.1, 0.15) is 12.2 Å². The molecule has 0 saturated heterocycles. The molecule has 0 aliphatic rings. The molecule has 9 heteroatoms. The van der Waals surface area contributed by atoms with Crippen molar-refractivity contribution in [3.8, 4) is 0 Å². The molecule has 24 heavy (non-hydrogen) atoms. The van der Waals surface area contributed by atoms with Crippen LogP contribution in [-0.2, 0) is 24.1 Å². The molecular weight excluding hydrogens is 350 g/mol. The first-order valence-corrected chi connectivity index (χ1v) is 8.84. The van der Waals surface area contributed by atoms with Crippen molar-refractivity contribution >= 4 is 34.4 Å². The molecule has 1 N–H and O–H groups in total. The number of rotatable bonds is 7. The van der Waals surface area contributed by atoms with Gasteiger partial charge in [-0.15, -0.1) is 5.10 Å². The monoisotopic (exact) mass is 367 g/mol. The molecule has 0 saturated carbocycles. The number of aromatic amines is 1. The predicted molar refractivity (Wildman–Crippen MR) is 94.6 cm³/mol. The lowest BCUT2D eigenvalue weighted by Crippen LogP contribution is -2.18. The third-order valence-electron chi connectivity index (χ3n) is 3.72. The number of fused-ring (bicyclic) bond motifs is 1. The fraction of sp³-hybridized carbons (Fsp3) is 0.400. The second kappa shape index (κ2) is 7.42. The van der Waals surface area contributed by atoms with Crippen LogP contribution in [0.2, 0.25) is 5.02 Å². The van der Waals surface area contributed by atoms with Crippen LogP contribution >= 0.6 is 23.4 Å². The number of nitrogens with one attached hydrogen (secondary N) is 1. The summed E-state index contributed by atoms with van der Waals surface area (Å²) in [7, 11) is 3.61. The van der Waals surface area contributed by atoms with E-state index in [9.17, 15) is 4.79 Å². The van der Waals surface area contributed by atoms with Crippen LogP contribution in [0.4, 0.5) is 0 Å². The number of nitrogens with zero attached hydrogens (tertiary/aromatic N) is 4. The fourth-order valence-electron chi connectivity index (χ4n) is 2.46. The Morgan fingerprint density at radius 1 is 1.42 bits per heavy atom. The van der Waals surface area contributed by atoms with Crippen LogP contribution in [-0.4, -0.2) is 38.0 Å². The van der Waals surface area contributed by atoms with Crippen molar-refractivity contribution in [3.05, 3.63) is 39.5 Å². The zero-order valence-electron chi connectivity index (χ0n) is 13.5. The van der Waals surface area contributed by atoms with E-state index in [1.165, 1.54) is 11.8 Å². The normalized spacial score (nSPS) is 11.5. The Balaban J connectivity index is 1.76. The predicted octanol–water partition coefficient (Wildman–Crippen LogP) is 2.44. The third kappa shape index (κ3) is 3.50. The van der Waals surface area contributed by atoms with Crippen LogP contribution in [0.3, 0.4) is 0 Å². The Morgan fingerprint density at radius 2 is 2.25 bits per heavy atom. The summed E-state index contributed by atoms with van der Waals surface area (Å²) in [5.41, 5.74) is 1.68. The molecule has 2 heterocycles. The first kappa shape index (κ1) is 17.1. The van der Waals surface area contributed by atoms with Crippen LogP contribution in [0.5, 0.6) is 0 Å². The van der Waals surface area contributed by atoms with Gasteiger partial charge in [-0.05, 0) is 24.6 Å². The van der Waals surface area contributed by atoms with E-state index in [-0.39, 0.29) is 5.69 Å². The molecule has 7 nitrogen and oxygen atoms in total. The van der Waals surface area contributed by atoms with Crippen LogP contribution in [0.15, 0.2) is 28.2 Å². The molecule has 128 valence electrons. The number of methoxy groups -OCH3 is 1. The number of H-pyrrole nitrogens is 1. The van der Waals surface area contributed by atoms with Gasteiger partial charge in [0.1, 0.15) is 5.82 Å². The largest absolute Gasteiger partial charge is 0.385 e. The SMILES string of the molecule is COCCCn1c(SCc2nc3cc(Cl)ccc3n2C)n[nH]c1=O. The first-order valence-electron chi connectivity index (χ1n) is 7.48. The molecule has 2 aromatic heterocycles. The van der Waals surface area contributed by atoms with E-state index in [0.717, 1.165) is 23.3 Å². The molecule has 3 rings (SSSR count). The van der Waals surface area contributed by atoms with E-state index in [4.69, 9.17) is 16.3 Å². The zero-order chi connectivity index (χ0) is 17.1. The van der Waals surface area contributed by atoms with Crippen molar-refractivity contribution in [3.63, 3.8) is 0 Å². The topological polar surface area (TPSA) is 77.7 Å². The van der Waals surface area contributed by atoms with Gasteiger partial charge in [-0.1, -0.05) is 23.4 Å². The molecule has 0 aliphatic carbocycles. The average Bonchev–Trinajstić information content (AvgIpc) is 3.06. The Morgan fingerprint density at radius 3 is 3.04 bits per heavy atom. The zero-order valence-corrected chi connectivity index (χ0v) is 15.0. The number of aryl methyl sites for hydroxylation is 1. The summed E-state index contributed by atoms with van der Waals surface area (Å²) in [6.07, 6.45) is 0.758. The number of benzene rings is 1. The highest BCUT2D eigenvalue weighted by atomic mass is 35.5. The van der Waals surface area contributed by atoms with Crippen molar-refractivity contribution in [1.29, 1.82) is 0 Å². The van der Waals surface area contributed by atoms with Crippen molar-refractivity contribution in [2.75, 3.05) is 13.7 Å². The van der Waals surface area contributed by atoms with Crippen LogP contribution in [0, 0.1) is 0 Å². The Hall–Kier alpha value is -1.77. The summed E-state index contributed by atoms with van der Waals surface area (Å²) >= 11 is 7.50. The number of aromatic nitrogens is 5. The highest BCUT2D eigenvalue weighted by Gasteiger charge is 2.12. The Kier molecular flexibility index (Phi) is 5.27. The van der Waals surface area contributed by atoms with E-state index < -0.39 is 0 Å². The van der Waals surface area contributed by atoms with Crippen LogP contribution < -0.4 is 5.69 Å². The van der Waals surface area contributed by atoms with Gasteiger partial charge in [-0.2, -0.15) is 0 Å². The number of ether oxygens (including phenoxy) is 1. The van der Waals surface area contributed by atoms with E-state index in [1.807, 2.05) is 29.8 Å². The lowest BCUT2D eigenvalue weighted by molar-refractivity contribution is 0.189. The van der Waals surface area contributed by atoms with Crippen LogP contribution in [0.25, 0.3) is 11.0 Å². The third-order valence-corrected chi connectivity index (χ3v) is 4.93. The summed E-state index contributed by atoms with van der Waals surface area (Å²) < 4.78 is 8.69. The van der Waals surface area contributed by atoms with Gasteiger partial charge in [0.2, 0.25) is 0 Å². The molecule has 0 bridgehead atoms. The second-order valence-electron chi connectivity index (χ2n) is 5.32. The minimum absolute atomic E-state index is 0.203. The van der Waals surface area contributed by atoms with Gasteiger partial charge >= 0.3 is 5.69 Å². The summed E-state index contributed by atoms with van der Waals surface area (Å²) in [5.74, 6) is 1.51. The van der Waals surface area contributed by atoms with Crippen molar-refractivity contribution in [1.82, 2.24) is 24.3 Å². The van der Waals surface area contributed by atoms with Gasteiger partial charge in [0.25, 0.3) is 0 Å². The minimum atomic E-state index is -0.203. The summed E-state index contributed by atoms with van der Waals surface area (Å²) in [4.78, 5) is 16.5. The fourth-order valence-corrected chi connectivity index (χ4v) is 3.58. The van der Waals surface area contributed by atoms with Gasteiger partial charge in [0.05, 0.1) is 16.8 Å². The van der Waals surface area contributed by atoms with E-state index in [1.54, 1.807) is 11.7 Å². The average molecular weight is 368 g/mol. The van der Waals surface area contributed by atoms with Gasteiger partial charge in [0, 0.05) is 32.3 Å². The maximum atomic E-state index is 11.8. The molecule has 0 atom stereocenters. The summed E-state index contributed by atoms with van der Waals surface area (Å²) in [5, 5.41) is 7.92. The molecular formula is C15H18ClN5O2S. The molecule has 0 amide bonds. The van der Waals surface area contributed by atoms with Crippen molar-refractivity contribution in [2.45, 2.75) is 23.9 Å². The van der Waals surface area contributed by atoms with Gasteiger partial charge in [0.15, 0.2) is 5.16 Å². The van der Waals surface area contributed by atoms with Crippen molar-refractivity contribution in [2.24, 2.45) is 7.05 Å². The number of hydrogen-bond donors (Lipinski definition) is 1. The van der Waals surface area contributed by atoms with Gasteiger partial charge in [-0.25, -0.2) is 14.9 Å². The standard InChI is InChI=1S/C15H18ClN5O2S/c1-20-12-5-4-10(16)8-11(12)17-13(20)9-24-15-19-18-14(22)21(15)6-3-7-23-2/h4-5,8H,3,6-7,9H2,1-2H3,(H,18,22). The lowest BCUT2D eigenvalue weighted by Gasteiger charge is -2.05. The Bertz CT molecular complexity index is 901. The lowest BCUT2D eigenvalue weighted by atomic mass is 10.3. The van der Waals surface area contributed by atoms with E-state index >= 15 is 0 Å². The number of thioether (sulfide) groups is 1. The second-order valence-corrected chi connectivity index (χ2v) is 6.70. The Labute approximate surface area is 148 Å². The highest BCUT2D eigenvalue weighted by Crippen LogP contribution is 2.24. The van der Waals surface area contributed by atoms with Gasteiger partial charge < -0.3 is 9.30 Å². The number of imidazole rings is 1.